The first-order valence-electron chi connectivity index (χ1n) is 12.7. The fourth-order valence-electron chi connectivity index (χ4n) is 5.06. The highest BCUT2D eigenvalue weighted by atomic mass is 32.2. The topological polar surface area (TPSA) is 94.3 Å². The van der Waals surface area contributed by atoms with Gasteiger partial charge in [0.1, 0.15) is 4.90 Å². The molecule has 1 heterocycles. The molecule has 1 aliphatic rings. The Morgan fingerprint density at radius 2 is 1.67 bits per heavy atom. The van der Waals surface area contributed by atoms with E-state index in [0.717, 1.165) is 29.5 Å². The quantitative estimate of drug-likeness (QED) is 0.156. The molecule has 0 radical (unpaired) electrons. The smallest absolute Gasteiger partial charge is 0.396 e. The van der Waals surface area contributed by atoms with Gasteiger partial charge in [-0.25, -0.2) is 17.8 Å². The van der Waals surface area contributed by atoms with E-state index in [9.17, 15) is 39.2 Å². The summed E-state index contributed by atoms with van der Waals surface area (Å²) in [6.07, 6.45) is -9.92. The van der Waals surface area contributed by atoms with E-state index in [0.29, 0.717) is 17.5 Å². The number of nitrogens with zero attached hydrogens (tertiary/aromatic N) is 1. The molecule has 0 unspecified atom stereocenters. The summed E-state index contributed by atoms with van der Waals surface area (Å²) in [6.45, 7) is 0. The molecule has 43 heavy (non-hydrogen) atoms. The molecule has 1 aliphatic carbocycles. The Bertz CT molecular complexity index is 1750. The summed E-state index contributed by atoms with van der Waals surface area (Å²) >= 11 is 0.722. The number of hydrogen-bond donors (Lipinski definition) is 2. The molecule has 0 bridgehead atoms. The number of ether oxygens (including phenoxy) is 1. The largest absolute Gasteiger partial charge is 0.522 e. The van der Waals surface area contributed by atoms with Gasteiger partial charge in [-0.3, -0.25) is 9.46 Å². The normalized spacial score (nSPS) is 17.7. The number of hydrogen-bond acceptors (Lipinski definition) is 6. The summed E-state index contributed by atoms with van der Waals surface area (Å²) in [4.78, 5) is 3.58. The van der Waals surface area contributed by atoms with Crippen molar-refractivity contribution in [2.45, 2.75) is 48.7 Å². The summed E-state index contributed by atoms with van der Waals surface area (Å²) in [5, 5.41) is -0.339. The van der Waals surface area contributed by atoms with Crippen LogP contribution in [-0.2, 0) is 20.9 Å². The highest BCUT2D eigenvalue weighted by molar-refractivity contribution is 7.93. The second-order valence-corrected chi connectivity index (χ2v) is 12.5. The Morgan fingerprint density at radius 1 is 0.953 bits per heavy atom. The van der Waals surface area contributed by atoms with Crippen LogP contribution < -0.4 is 10.5 Å². The van der Waals surface area contributed by atoms with Crippen molar-refractivity contribution >= 4 is 32.2 Å². The van der Waals surface area contributed by atoms with E-state index in [4.69, 9.17) is 5.73 Å². The number of benzene rings is 3. The fourth-order valence-corrected chi connectivity index (χ4v) is 7.38. The monoisotopic (exact) mass is 645 g/mol. The molecule has 0 aliphatic heterocycles. The van der Waals surface area contributed by atoms with Gasteiger partial charge in [-0.15, -0.1) is 13.2 Å². The molecule has 2 atom stereocenters. The minimum atomic E-state index is -4.78. The Kier molecular flexibility index (Phi) is 8.17. The maximum atomic E-state index is 14.6. The van der Waals surface area contributed by atoms with E-state index < -0.39 is 50.6 Å². The summed E-state index contributed by atoms with van der Waals surface area (Å²) in [5.74, 6) is -1.51. The lowest BCUT2D eigenvalue weighted by atomic mass is 9.94. The third-order valence-electron chi connectivity index (χ3n) is 6.92. The highest BCUT2D eigenvalue weighted by Crippen LogP contribution is 2.46. The van der Waals surface area contributed by atoms with E-state index in [1.165, 1.54) is 24.3 Å². The summed E-state index contributed by atoms with van der Waals surface area (Å²) in [7, 11) is -4.60. The number of nitrogens with one attached hydrogen (secondary N) is 1. The van der Waals surface area contributed by atoms with Gasteiger partial charge in [0.2, 0.25) is 0 Å². The first-order chi connectivity index (χ1) is 20.1. The minimum absolute atomic E-state index is 0.0895. The van der Waals surface area contributed by atoms with Crippen LogP contribution in [0.3, 0.4) is 0 Å². The molecule has 15 heteroatoms. The van der Waals surface area contributed by atoms with E-state index in [-0.39, 0.29) is 40.0 Å². The summed E-state index contributed by atoms with van der Waals surface area (Å²) in [6, 6.07) is 14.5. The van der Waals surface area contributed by atoms with Gasteiger partial charge in [0.25, 0.3) is 10.0 Å². The van der Waals surface area contributed by atoms with Crippen molar-refractivity contribution in [3.8, 4) is 21.7 Å². The van der Waals surface area contributed by atoms with Crippen LogP contribution in [0, 0.1) is 5.82 Å². The maximum absolute atomic E-state index is 14.6. The SMILES string of the molecule is Nc1cccc(S(=O)(=O)Nc2nc(-c3ccccc3C(F)(F)F)c(-c3cccc([C@H]4CC[C@H](OC(F)(F)F)C4)c3)s2)c1F. The first-order valence-corrected chi connectivity index (χ1v) is 15.0. The molecular weight excluding hydrogens is 623 g/mol. The number of nitrogens with two attached hydrogens (primary N) is 1. The number of anilines is 2. The Morgan fingerprint density at radius 3 is 2.40 bits per heavy atom. The maximum Gasteiger partial charge on any atom is 0.522 e. The van der Waals surface area contributed by atoms with Crippen molar-refractivity contribution in [1.29, 1.82) is 0 Å². The average molecular weight is 646 g/mol. The number of rotatable bonds is 7. The Hall–Kier alpha value is -3.69. The van der Waals surface area contributed by atoms with Crippen LogP contribution in [0.15, 0.2) is 71.6 Å². The number of alkyl halides is 6. The van der Waals surface area contributed by atoms with Gasteiger partial charge in [-0.2, -0.15) is 13.2 Å². The lowest BCUT2D eigenvalue weighted by molar-refractivity contribution is -0.341. The van der Waals surface area contributed by atoms with Gasteiger partial charge in [-0.05, 0) is 60.6 Å². The molecule has 0 amide bonds. The first kappa shape index (κ1) is 30.8. The van der Waals surface area contributed by atoms with Crippen molar-refractivity contribution < 1.29 is 43.9 Å². The third-order valence-corrected chi connectivity index (χ3v) is 9.43. The summed E-state index contributed by atoms with van der Waals surface area (Å²) < 4.78 is 127. The van der Waals surface area contributed by atoms with Gasteiger partial charge in [0.15, 0.2) is 10.9 Å². The predicted octanol–water partition coefficient (Wildman–Crippen LogP) is 8.19. The van der Waals surface area contributed by atoms with Gasteiger partial charge in [0, 0.05) is 5.56 Å². The Balaban J connectivity index is 1.58. The van der Waals surface area contributed by atoms with Crippen LogP contribution in [0.4, 0.5) is 41.6 Å². The number of nitrogen functional groups attached to an aromatic ring is 1. The molecule has 6 nitrogen and oxygen atoms in total. The number of halogens is 7. The van der Waals surface area contributed by atoms with Gasteiger partial charge in [0.05, 0.1) is 27.9 Å². The minimum Gasteiger partial charge on any atom is -0.396 e. The van der Waals surface area contributed by atoms with Crippen LogP contribution in [0.25, 0.3) is 21.7 Å². The third kappa shape index (κ3) is 6.78. The van der Waals surface area contributed by atoms with Crippen LogP contribution in [0.5, 0.6) is 0 Å². The molecule has 1 fully saturated rings. The molecule has 0 spiro atoms. The van der Waals surface area contributed by atoms with Crippen molar-refractivity contribution in [2.24, 2.45) is 0 Å². The van der Waals surface area contributed by atoms with Crippen molar-refractivity contribution in [1.82, 2.24) is 4.98 Å². The summed E-state index contributed by atoms with van der Waals surface area (Å²) in [5.41, 5.74) is 4.55. The number of sulfonamides is 1. The van der Waals surface area contributed by atoms with Gasteiger partial charge in [-0.1, -0.05) is 53.8 Å². The number of thiazole rings is 1. The average Bonchev–Trinajstić information content (AvgIpc) is 3.55. The van der Waals surface area contributed by atoms with Gasteiger partial charge < -0.3 is 5.73 Å². The molecule has 0 saturated heterocycles. The second-order valence-electron chi connectivity index (χ2n) is 9.83. The molecule has 4 aromatic rings. The van der Waals surface area contributed by atoms with Crippen LogP contribution in [-0.4, -0.2) is 25.9 Å². The van der Waals surface area contributed by atoms with Crippen LogP contribution in [0.1, 0.15) is 36.3 Å². The van der Waals surface area contributed by atoms with Crippen LogP contribution in [0.2, 0.25) is 0 Å². The fraction of sp³-hybridized carbons (Fsp3) is 0.250. The van der Waals surface area contributed by atoms with Crippen molar-refractivity contribution in [3.63, 3.8) is 0 Å². The van der Waals surface area contributed by atoms with Gasteiger partial charge >= 0.3 is 12.5 Å². The molecule has 1 aromatic heterocycles. The van der Waals surface area contributed by atoms with E-state index in [2.05, 4.69) is 14.4 Å². The molecular formula is C28H22F7N3O3S2. The molecule has 228 valence electrons. The molecule has 3 N–H and O–H groups in total. The van der Waals surface area contributed by atoms with Crippen molar-refractivity contribution in [2.75, 3.05) is 10.5 Å². The zero-order valence-corrected chi connectivity index (χ0v) is 23.5. The van der Waals surface area contributed by atoms with E-state index in [1.807, 2.05) is 0 Å². The number of aromatic nitrogens is 1. The standard InChI is InChI=1S/C28H22F7N3O3S2/c29-23-21(36)9-4-10-22(23)43(39,40)38-26-37-24(19-7-1-2-8-20(19)27(30,31)32)25(42-26)17-6-3-5-15(13-17)16-11-12-18(14-16)41-28(33,34)35/h1-10,13,16,18H,11-12,14,36H2,(H,37,38)/t16-,18-/m0/s1. The highest BCUT2D eigenvalue weighted by Gasteiger charge is 2.38. The lowest BCUT2D eigenvalue weighted by Gasteiger charge is -2.15. The predicted molar refractivity (Wildman–Crippen MR) is 147 cm³/mol. The zero-order valence-electron chi connectivity index (χ0n) is 21.8. The Labute approximate surface area is 245 Å². The second kappa shape index (κ2) is 11.4. The van der Waals surface area contributed by atoms with E-state index >= 15 is 0 Å². The van der Waals surface area contributed by atoms with E-state index in [1.54, 1.807) is 24.3 Å². The lowest BCUT2D eigenvalue weighted by Crippen LogP contribution is -2.21. The zero-order chi connectivity index (χ0) is 31.2. The molecule has 1 saturated carbocycles. The molecule has 5 rings (SSSR count). The van der Waals surface area contributed by atoms with Crippen molar-refractivity contribution in [3.05, 3.63) is 83.7 Å². The molecule has 3 aromatic carbocycles. The van der Waals surface area contributed by atoms with Crippen LogP contribution >= 0.6 is 11.3 Å².